The van der Waals surface area contributed by atoms with Crippen LogP contribution in [-0.4, -0.2) is 68.8 Å². The van der Waals surface area contributed by atoms with Gasteiger partial charge in [-0.2, -0.15) is 4.31 Å². The lowest BCUT2D eigenvalue weighted by molar-refractivity contribution is -0.143. The molecular formula is C31H38F2N4O5S. The fraction of sp³-hybridized carbons (Fsp3) is 0.548. The number of fused-ring (bicyclic) bond motifs is 2. The molecule has 43 heavy (non-hydrogen) atoms. The first kappa shape index (κ1) is 30.0. The Morgan fingerprint density at radius 1 is 1.14 bits per heavy atom. The van der Waals surface area contributed by atoms with E-state index in [9.17, 15) is 22.4 Å². The van der Waals surface area contributed by atoms with Gasteiger partial charge in [0, 0.05) is 42.3 Å². The van der Waals surface area contributed by atoms with Gasteiger partial charge in [0.15, 0.2) is 0 Å². The monoisotopic (exact) mass is 616 g/mol. The molecule has 2 aromatic rings. The number of hydrogen-bond donors (Lipinski definition) is 3. The van der Waals surface area contributed by atoms with E-state index in [-0.39, 0.29) is 40.9 Å². The van der Waals surface area contributed by atoms with Crippen LogP contribution in [0.4, 0.5) is 19.3 Å². The van der Waals surface area contributed by atoms with Gasteiger partial charge in [0.05, 0.1) is 12.9 Å². The summed E-state index contributed by atoms with van der Waals surface area (Å²) in [5.74, 6) is -1.20. The Balaban J connectivity index is 1.25. The van der Waals surface area contributed by atoms with Crippen molar-refractivity contribution in [1.82, 2.24) is 14.9 Å². The van der Waals surface area contributed by atoms with Crippen LogP contribution in [0.2, 0.25) is 0 Å². The number of benzene rings is 2. The first-order valence-corrected chi connectivity index (χ1v) is 16.6. The number of nitrogens with one attached hydrogen (secondary N) is 3. The molecule has 5 aliphatic rings. The number of halogens is 2. The lowest BCUT2D eigenvalue weighted by Gasteiger charge is -2.66. The third-order valence-corrected chi connectivity index (χ3v) is 11.9. The van der Waals surface area contributed by atoms with Crippen LogP contribution in [-0.2, 0) is 26.0 Å². The highest BCUT2D eigenvalue weighted by atomic mass is 32.2. The highest BCUT2D eigenvalue weighted by Crippen LogP contribution is 2.71. The minimum atomic E-state index is -3.40. The second-order valence-electron chi connectivity index (χ2n) is 12.6. The van der Waals surface area contributed by atoms with E-state index in [0.29, 0.717) is 31.8 Å². The average molecular weight is 617 g/mol. The van der Waals surface area contributed by atoms with Crippen LogP contribution < -0.4 is 16.0 Å². The minimum absolute atomic E-state index is 0.106. The summed E-state index contributed by atoms with van der Waals surface area (Å²) in [6.07, 6.45) is 3.92. The van der Waals surface area contributed by atoms with Crippen LogP contribution >= 0.6 is 0 Å². The van der Waals surface area contributed by atoms with Gasteiger partial charge in [0.2, 0.25) is 15.9 Å². The van der Waals surface area contributed by atoms with Crippen LogP contribution in [0.3, 0.4) is 0 Å². The van der Waals surface area contributed by atoms with Crippen molar-refractivity contribution in [3.63, 3.8) is 0 Å². The van der Waals surface area contributed by atoms with E-state index >= 15 is 4.39 Å². The molecule has 2 heterocycles. The molecule has 7 rings (SSSR count). The third-order valence-electron chi connectivity index (χ3n) is 9.92. The van der Waals surface area contributed by atoms with Crippen molar-refractivity contribution >= 4 is 27.7 Å². The van der Waals surface area contributed by atoms with Gasteiger partial charge in [-0.3, -0.25) is 4.79 Å². The van der Waals surface area contributed by atoms with Gasteiger partial charge in [-0.05, 0) is 86.1 Å². The Morgan fingerprint density at radius 2 is 1.88 bits per heavy atom. The SMILES string of the molecule is COC(=O)N[C@H](C(=O)Nc1cccc(F)c1CCC1CNC2CCCS(=O)(=O)N1C2)[C@@H](c1ccc(F)cc1)C12CC(C1)C2. The number of amides is 2. The summed E-state index contributed by atoms with van der Waals surface area (Å²) in [6.45, 7) is 0.885. The first-order valence-electron chi connectivity index (χ1n) is 15.0. The van der Waals surface area contributed by atoms with E-state index in [2.05, 4.69) is 16.0 Å². The van der Waals surface area contributed by atoms with E-state index in [0.717, 1.165) is 31.2 Å². The van der Waals surface area contributed by atoms with Crippen molar-refractivity contribution in [2.24, 2.45) is 11.3 Å². The van der Waals surface area contributed by atoms with Crippen molar-refractivity contribution in [2.45, 2.75) is 69.0 Å². The van der Waals surface area contributed by atoms with E-state index in [1.54, 1.807) is 22.5 Å². The van der Waals surface area contributed by atoms with Crippen molar-refractivity contribution in [2.75, 3.05) is 31.3 Å². The Bertz CT molecular complexity index is 1470. The van der Waals surface area contributed by atoms with Gasteiger partial charge < -0.3 is 20.7 Å². The fourth-order valence-corrected chi connectivity index (χ4v) is 9.49. The Hall–Kier alpha value is -3.09. The molecule has 4 bridgehead atoms. The third kappa shape index (κ3) is 5.88. The summed E-state index contributed by atoms with van der Waals surface area (Å²) < 4.78 is 61.4. The summed E-state index contributed by atoms with van der Waals surface area (Å²) >= 11 is 0. The average Bonchev–Trinajstić information content (AvgIpc) is 3.04. The summed E-state index contributed by atoms with van der Waals surface area (Å²) in [4.78, 5) is 26.5. The summed E-state index contributed by atoms with van der Waals surface area (Å²) in [6, 6.07) is 9.14. The zero-order valence-corrected chi connectivity index (χ0v) is 25.0. The van der Waals surface area contributed by atoms with Crippen molar-refractivity contribution in [3.05, 3.63) is 65.2 Å². The Labute approximate surface area is 250 Å². The number of alkyl carbamates (subject to hydrolysis) is 1. The predicted molar refractivity (Wildman–Crippen MR) is 157 cm³/mol. The summed E-state index contributed by atoms with van der Waals surface area (Å²) in [5.41, 5.74) is 1.06. The molecule has 0 radical (unpaired) electrons. The number of anilines is 1. The van der Waals surface area contributed by atoms with E-state index in [1.165, 1.54) is 31.4 Å². The first-order chi connectivity index (χ1) is 20.6. The van der Waals surface area contributed by atoms with E-state index < -0.39 is 45.6 Å². The lowest BCUT2D eigenvalue weighted by atomic mass is 9.38. The maximum atomic E-state index is 15.3. The Morgan fingerprint density at radius 3 is 2.56 bits per heavy atom. The molecule has 2 saturated heterocycles. The summed E-state index contributed by atoms with van der Waals surface area (Å²) in [7, 11) is -2.18. The maximum absolute atomic E-state index is 15.3. The number of rotatable bonds is 9. The van der Waals surface area contributed by atoms with Crippen LogP contribution in [0, 0.1) is 23.0 Å². The zero-order valence-electron chi connectivity index (χ0n) is 24.2. The van der Waals surface area contributed by atoms with Crippen molar-refractivity contribution in [3.8, 4) is 0 Å². The van der Waals surface area contributed by atoms with Crippen LogP contribution in [0.1, 0.15) is 55.6 Å². The number of ether oxygens (including phenoxy) is 1. The second-order valence-corrected chi connectivity index (χ2v) is 14.6. The smallest absolute Gasteiger partial charge is 0.407 e. The number of methoxy groups -OCH3 is 1. The van der Waals surface area contributed by atoms with Gasteiger partial charge in [-0.1, -0.05) is 18.2 Å². The molecule has 2 aromatic carbocycles. The quantitative estimate of drug-likeness (QED) is 0.394. The molecule has 232 valence electrons. The number of sulfonamides is 1. The second kappa shape index (κ2) is 11.8. The molecule has 5 atom stereocenters. The molecule has 2 aliphatic heterocycles. The van der Waals surface area contributed by atoms with Crippen molar-refractivity contribution < 1.29 is 31.5 Å². The largest absolute Gasteiger partial charge is 0.453 e. The predicted octanol–water partition coefficient (Wildman–Crippen LogP) is 3.91. The van der Waals surface area contributed by atoms with E-state index in [1.807, 2.05) is 0 Å². The van der Waals surface area contributed by atoms with Gasteiger partial charge >= 0.3 is 6.09 Å². The number of carbonyl (C=O) groups excluding carboxylic acids is 2. The number of nitrogens with zero attached hydrogens (tertiary/aromatic N) is 1. The molecular weight excluding hydrogens is 578 g/mol. The zero-order chi connectivity index (χ0) is 30.4. The maximum Gasteiger partial charge on any atom is 0.407 e. The molecule has 12 heteroatoms. The fourth-order valence-electron chi connectivity index (χ4n) is 7.68. The highest BCUT2D eigenvalue weighted by molar-refractivity contribution is 7.89. The lowest BCUT2D eigenvalue weighted by Crippen LogP contribution is -2.62. The molecule has 5 fully saturated rings. The molecule has 9 nitrogen and oxygen atoms in total. The van der Waals surface area contributed by atoms with Gasteiger partial charge in [0.1, 0.15) is 17.7 Å². The number of piperazine rings is 1. The molecule has 0 aromatic heterocycles. The topological polar surface area (TPSA) is 117 Å². The van der Waals surface area contributed by atoms with Gasteiger partial charge in [-0.15, -0.1) is 0 Å². The van der Waals surface area contributed by atoms with Gasteiger partial charge in [0.25, 0.3) is 0 Å². The minimum Gasteiger partial charge on any atom is -0.453 e. The molecule has 2 amide bonds. The molecule has 3 N–H and O–H groups in total. The number of carbonyl (C=O) groups is 2. The molecule has 3 unspecified atom stereocenters. The van der Waals surface area contributed by atoms with Gasteiger partial charge in [-0.25, -0.2) is 22.0 Å². The van der Waals surface area contributed by atoms with Crippen molar-refractivity contribution in [1.29, 1.82) is 0 Å². The molecule has 3 saturated carbocycles. The highest BCUT2D eigenvalue weighted by Gasteiger charge is 2.63. The van der Waals surface area contributed by atoms with Crippen LogP contribution in [0.25, 0.3) is 0 Å². The normalized spacial score (nSPS) is 30.0. The summed E-state index contributed by atoms with van der Waals surface area (Å²) in [5, 5.41) is 9.01. The Kier molecular flexibility index (Phi) is 8.20. The van der Waals surface area contributed by atoms with Crippen LogP contribution in [0.15, 0.2) is 42.5 Å². The number of hydrogen-bond acceptors (Lipinski definition) is 6. The van der Waals surface area contributed by atoms with Crippen LogP contribution in [0.5, 0.6) is 0 Å². The van der Waals surface area contributed by atoms with E-state index in [4.69, 9.17) is 4.74 Å². The molecule has 3 aliphatic carbocycles. The molecule has 0 spiro atoms. The standard InChI is InChI=1S/C31H38F2N4O5S/c1-42-30(39)36-28(27(31-14-19(15-31)16-31)20-7-9-21(32)10-8-20)29(38)35-26-6-2-5-25(33)24(26)12-11-23-17-34-22-4-3-13-43(40,41)37(23)18-22/h2,5-10,19,22-23,27-28,34H,3-4,11-18H2,1H3,(H,35,38)(H,36,39)/t19?,22?,23?,27-,28+,31?/m1/s1.